The van der Waals surface area contributed by atoms with Crippen molar-refractivity contribution in [3.8, 4) is 0 Å². The van der Waals surface area contributed by atoms with E-state index in [0.717, 1.165) is 161 Å². The molecule has 16 nitrogen and oxygen atoms in total. The highest BCUT2D eigenvalue weighted by Gasteiger charge is 2.29. The molecule has 0 saturated carbocycles. The number of allylic oxidation sites excluding steroid dienone is 26. The molecule has 0 rings (SSSR count). The zero-order valence-electron chi connectivity index (χ0n) is 58.5. The third kappa shape index (κ3) is 70.3. The van der Waals surface area contributed by atoms with E-state index in [4.69, 9.17) is 32.3 Å². The standard InChI is InChI=1S/C77H126O16P2/c1-4-7-10-13-16-19-22-25-28-31-32-33-34-35-36-37-38-41-43-45-48-51-54-57-60-63-75(80)87-66-72(78)67-89-94(83,84)90-68-73(79)69-91-95(85,86)92-71-74(93-77(82)65-62-59-56-53-50-47-44-40-30-27-24-21-18-15-12-9-6-3)70-88-76(81)64-61-58-55-52-49-46-42-39-29-26-23-20-17-14-11-8-5-2/h7-12,16-21,25-30,32-33,35-36,42,46,52,55,72-74,78-79H,4-6,13-15,22-24,31,34,37-41,43-45,47-51,53-54,56-71H2,1-3H3,(H,83,84)(H,85,86)/b10-7-,11-8-,12-9-,19-16-,20-17-,21-18-,28-25-,29-26-,30-27-,33-32-,36-35-,46-42-,55-52-. The summed E-state index contributed by atoms with van der Waals surface area (Å²) in [6.07, 6.45) is 84.4. The second-order valence-corrected chi connectivity index (χ2v) is 26.1. The van der Waals surface area contributed by atoms with Crippen LogP contribution >= 0.6 is 15.6 Å². The van der Waals surface area contributed by atoms with Gasteiger partial charge in [0.25, 0.3) is 0 Å². The van der Waals surface area contributed by atoms with Crippen molar-refractivity contribution >= 4 is 33.6 Å². The normalized spacial score (nSPS) is 15.1. The molecule has 0 aromatic carbocycles. The molecular formula is C77H126O16P2. The van der Waals surface area contributed by atoms with Gasteiger partial charge in [0.1, 0.15) is 25.4 Å². The van der Waals surface area contributed by atoms with E-state index in [-0.39, 0.29) is 19.3 Å². The molecule has 18 heteroatoms. The second kappa shape index (κ2) is 69.1. The highest BCUT2D eigenvalue weighted by molar-refractivity contribution is 7.47. The first-order valence-electron chi connectivity index (χ1n) is 35.8. The van der Waals surface area contributed by atoms with Gasteiger partial charge in [-0.1, -0.05) is 256 Å². The Bertz CT molecular complexity index is 2360. The van der Waals surface area contributed by atoms with Gasteiger partial charge in [0.05, 0.1) is 26.4 Å². The molecule has 0 amide bonds. The highest BCUT2D eigenvalue weighted by atomic mass is 31.2. The van der Waals surface area contributed by atoms with Crippen molar-refractivity contribution in [1.29, 1.82) is 0 Å². The number of phosphoric acid groups is 2. The van der Waals surface area contributed by atoms with Crippen molar-refractivity contribution in [3.63, 3.8) is 0 Å². The van der Waals surface area contributed by atoms with Crippen molar-refractivity contribution in [2.24, 2.45) is 0 Å². The van der Waals surface area contributed by atoms with Gasteiger partial charge in [-0.05, 0) is 135 Å². The summed E-state index contributed by atoms with van der Waals surface area (Å²) in [6, 6.07) is 0. The van der Waals surface area contributed by atoms with E-state index in [1.165, 1.54) is 25.7 Å². The summed E-state index contributed by atoms with van der Waals surface area (Å²) in [6.45, 7) is 2.23. The number of hydrogen-bond donors (Lipinski definition) is 4. The number of ether oxygens (including phenoxy) is 3. The molecule has 0 bridgehead atoms. The number of phosphoric ester groups is 2. The Kier molecular flexibility index (Phi) is 65.6. The van der Waals surface area contributed by atoms with E-state index in [0.29, 0.717) is 25.7 Å². The summed E-state index contributed by atoms with van der Waals surface area (Å²) in [7, 11) is -9.81. The summed E-state index contributed by atoms with van der Waals surface area (Å²) >= 11 is 0. The summed E-state index contributed by atoms with van der Waals surface area (Å²) in [4.78, 5) is 58.5. The second-order valence-electron chi connectivity index (χ2n) is 23.2. The van der Waals surface area contributed by atoms with Crippen molar-refractivity contribution in [1.82, 2.24) is 0 Å². The lowest BCUT2D eigenvalue weighted by Crippen LogP contribution is -2.30. The fourth-order valence-corrected chi connectivity index (χ4v) is 10.5. The van der Waals surface area contributed by atoms with E-state index >= 15 is 0 Å². The maximum atomic E-state index is 12.9. The Morgan fingerprint density at radius 1 is 0.295 bits per heavy atom. The van der Waals surface area contributed by atoms with Crippen LogP contribution in [0.3, 0.4) is 0 Å². The summed E-state index contributed by atoms with van der Waals surface area (Å²) in [5.74, 6) is -1.67. The SMILES string of the molecule is CC/C=C\C/C=C\C/C=C\C/C=C\C/C=C\CCCCCCCCCCCC(=O)OCC(O)COP(=O)(O)OCC(O)COP(=O)(O)OCC(COC(=O)CCC/C=C\C/C=C\C/C=C\C/C=C\C/C=C\CC)OC(=O)CCCCCCCCC/C=C\C/C=C\C/C=C\CC. The maximum Gasteiger partial charge on any atom is 0.472 e. The quantitative estimate of drug-likeness (QED) is 0.0146. The highest BCUT2D eigenvalue weighted by Crippen LogP contribution is 2.45. The van der Waals surface area contributed by atoms with Crippen molar-refractivity contribution in [2.75, 3.05) is 39.6 Å². The zero-order valence-corrected chi connectivity index (χ0v) is 60.3. The van der Waals surface area contributed by atoms with Gasteiger partial charge in [-0.3, -0.25) is 32.5 Å². The van der Waals surface area contributed by atoms with Gasteiger partial charge < -0.3 is 34.2 Å². The van der Waals surface area contributed by atoms with Gasteiger partial charge in [-0.2, -0.15) is 0 Å². The van der Waals surface area contributed by atoms with Crippen LogP contribution in [0.5, 0.6) is 0 Å². The van der Waals surface area contributed by atoms with Crippen LogP contribution in [0.15, 0.2) is 158 Å². The molecule has 95 heavy (non-hydrogen) atoms. The molecule has 540 valence electrons. The van der Waals surface area contributed by atoms with Crippen LogP contribution in [0.25, 0.3) is 0 Å². The fourth-order valence-electron chi connectivity index (χ4n) is 8.88. The van der Waals surface area contributed by atoms with E-state index in [2.05, 4.69) is 167 Å². The van der Waals surface area contributed by atoms with Crippen molar-refractivity contribution in [2.45, 2.75) is 270 Å². The Morgan fingerprint density at radius 2 is 0.537 bits per heavy atom. The molecule has 0 aliphatic rings. The Labute approximate surface area is 574 Å². The van der Waals surface area contributed by atoms with Crippen LogP contribution in [-0.4, -0.2) is 95.9 Å². The van der Waals surface area contributed by atoms with Gasteiger partial charge in [0.15, 0.2) is 6.10 Å². The van der Waals surface area contributed by atoms with Crippen molar-refractivity contribution < 1.29 is 75.8 Å². The molecule has 0 heterocycles. The molecule has 5 unspecified atom stereocenters. The molecule has 0 aliphatic heterocycles. The molecule has 4 N–H and O–H groups in total. The Balaban J connectivity index is 4.67. The van der Waals surface area contributed by atoms with E-state index in [9.17, 15) is 43.5 Å². The van der Waals surface area contributed by atoms with Gasteiger partial charge >= 0.3 is 33.6 Å². The lowest BCUT2D eigenvalue weighted by Gasteiger charge is -2.21. The molecule has 0 radical (unpaired) electrons. The number of hydrogen-bond acceptors (Lipinski definition) is 14. The third-order valence-corrected chi connectivity index (χ3v) is 16.1. The van der Waals surface area contributed by atoms with Gasteiger partial charge in [0, 0.05) is 19.3 Å². The van der Waals surface area contributed by atoms with E-state index in [1.54, 1.807) is 0 Å². The molecule has 5 atom stereocenters. The van der Waals surface area contributed by atoms with Crippen LogP contribution in [0, 0.1) is 0 Å². The Morgan fingerprint density at radius 3 is 0.874 bits per heavy atom. The minimum absolute atomic E-state index is 0.0756. The smallest absolute Gasteiger partial charge is 0.463 e. The molecule has 0 spiro atoms. The van der Waals surface area contributed by atoms with Crippen LogP contribution in [-0.2, 0) is 55.8 Å². The van der Waals surface area contributed by atoms with Crippen LogP contribution in [0.1, 0.15) is 252 Å². The number of carbonyl (C=O) groups is 3. The minimum Gasteiger partial charge on any atom is -0.463 e. The predicted octanol–water partition coefficient (Wildman–Crippen LogP) is 20.3. The van der Waals surface area contributed by atoms with Crippen LogP contribution in [0.2, 0.25) is 0 Å². The first kappa shape index (κ1) is 90.2. The number of aliphatic hydroxyl groups is 2. The predicted molar refractivity (Wildman–Crippen MR) is 389 cm³/mol. The van der Waals surface area contributed by atoms with Crippen LogP contribution < -0.4 is 0 Å². The first-order valence-corrected chi connectivity index (χ1v) is 38.8. The van der Waals surface area contributed by atoms with Gasteiger partial charge in [-0.25, -0.2) is 9.13 Å². The lowest BCUT2D eigenvalue weighted by atomic mass is 10.1. The monoisotopic (exact) mass is 1370 g/mol. The molecule has 0 fully saturated rings. The zero-order chi connectivity index (χ0) is 69.5. The molecular weight excluding hydrogens is 1240 g/mol. The van der Waals surface area contributed by atoms with Crippen molar-refractivity contribution in [3.05, 3.63) is 158 Å². The number of unbranched alkanes of at least 4 members (excludes halogenated alkanes) is 17. The number of aliphatic hydroxyl groups excluding tert-OH is 2. The van der Waals surface area contributed by atoms with Gasteiger partial charge in [0.2, 0.25) is 0 Å². The lowest BCUT2D eigenvalue weighted by molar-refractivity contribution is -0.161. The fraction of sp³-hybridized carbons (Fsp3) is 0.623. The first-order chi connectivity index (χ1) is 46.2. The molecule has 0 saturated heterocycles. The number of carbonyl (C=O) groups excluding carboxylic acids is 3. The average molecular weight is 1370 g/mol. The Hall–Kier alpha value is -4.83. The summed E-state index contributed by atoms with van der Waals surface area (Å²) in [5.41, 5.74) is 0. The van der Waals surface area contributed by atoms with E-state index < -0.39 is 91.5 Å². The van der Waals surface area contributed by atoms with Gasteiger partial charge in [-0.15, -0.1) is 0 Å². The molecule has 0 aromatic heterocycles. The minimum atomic E-state index is -4.95. The summed E-state index contributed by atoms with van der Waals surface area (Å²) in [5, 5.41) is 20.6. The number of rotatable bonds is 66. The molecule has 0 aliphatic carbocycles. The maximum absolute atomic E-state index is 12.9. The van der Waals surface area contributed by atoms with E-state index in [1.807, 2.05) is 12.2 Å². The van der Waals surface area contributed by atoms with Crippen LogP contribution in [0.4, 0.5) is 0 Å². The molecule has 0 aromatic rings. The third-order valence-electron chi connectivity index (χ3n) is 14.2. The largest absolute Gasteiger partial charge is 0.472 e. The average Bonchev–Trinajstić information content (AvgIpc) is 1.77. The summed E-state index contributed by atoms with van der Waals surface area (Å²) < 4.78 is 60.9. The number of esters is 3. The topological polar surface area (TPSA) is 231 Å².